The van der Waals surface area contributed by atoms with Gasteiger partial charge in [0.2, 0.25) is 0 Å². The number of phenolic OH excluding ortho intramolecular Hbond substituents is 1. The molecular formula is C26H24BrClN2O5S. The minimum absolute atomic E-state index is 0.00805. The Hall–Kier alpha value is -2.88. The summed E-state index contributed by atoms with van der Waals surface area (Å²) >= 11 is 10.6. The summed E-state index contributed by atoms with van der Waals surface area (Å²) in [6.07, 6.45) is 1.57. The summed E-state index contributed by atoms with van der Waals surface area (Å²) in [4.78, 5) is 31.7. The Bertz CT molecular complexity index is 1540. The predicted octanol–water partition coefficient (Wildman–Crippen LogP) is 4.71. The fourth-order valence-corrected chi connectivity index (χ4v) is 5.82. The lowest BCUT2D eigenvalue weighted by atomic mass is 9.96. The fourth-order valence-electron chi connectivity index (χ4n) is 3.94. The Morgan fingerprint density at radius 2 is 2.00 bits per heavy atom. The molecule has 1 aromatic heterocycles. The summed E-state index contributed by atoms with van der Waals surface area (Å²) < 4.78 is 13.6. The van der Waals surface area contributed by atoms with Gasteiger partial charge in [-0.25, -0.2) is 9.79 Å². The summed E-state index contributed by atoms with van der Waals surface area (Å²) in [6.45, 7) is 7.52. The van der Waals surface area contributed by atoms with E-state index in [4.69, 9.17) is 21.1 Å². The minimum Gasteiger partial charge on any atom is -0.506 e. The SMILES string of the molecule is CCOC(=O)C1=C(C)N=c2s/c(=C\c3cc(Br)cc(Cl)c3O)c(=O)n2[C@@H]1c1ccc(OC(C)C)cc1. The molecule has 188 valence electrons. The van der Waals surface area contributed by atoms with E-state index in [1.54, 1.807) is 32.1 Å². The highest BCUT2D eigenvalue weighted by atomic mass is 79.9. The molecule has 3 aromatic rings. The van der Waals surface area contributed by atoms with Crippen LogP contribution in [0.4, 0.5) is 0 Å². The molecule has 0 radical (unpaired) electrons. The van der Waals surface area contributed by atoms with Crippen LogP contribution in [-0.4, -0.2) is 28.4 Å². The molecule has 1 N–H and O–H groups in total. The van der Waals surface area contributed by atoms with Crippen LogP contribution in [0.3, 0.4) is 0 Å². The Balaban J connectivity index is 1.93. The molecule has 0 amide bonds. The number of halogens is 2. The van der Waals surface area contributed by atoms with E-state index in [0.717, 1.165) is 0 Å². The lowest BCUT2D eigenvalue weighted by Crippen LogP contribution is -2.39. The van der Waals surface area contributed by atoms with Gasteiger partial charge in [-0.15, -0.1) is 0 Å². The van der Waals surface area contributed by atoms with E-state index in [1.807, 2.05) is 38.1 Å². The third kappa shape index (κ3) is 5.14. The lowest BCUT2D eigenvalue weighted by Gasteiger charge is -2.25. The van der Waals surface area contributed by atoms with Crippen molar-refractivity contribution in [2.24, 2.45) is 4.99 Å². The number of hydrogen-bond donors (Lipinski definition) is 1. The molecule has 4 rings (SSSR count). The molecule has 7 nitrogen and oxygen atoms in total. The van der Waals surface area contributed by atoms with Gasteiger partial charge in [-0.2, -0.15) is 0 Å². The number of aromatic hydroxyl groups is 1. The van der Waals surface area contributed by atoms with E-state index in [2.05, 4.69) is 20.9 Å². The van der Waals surface area contributed by atoms with Gasteiger partial charge >= 0.3 is 5.97 Å². The van der Waals surface area contributed by atoms with Crippen molar-refractivity contribution in [3.05, 3.63) is 88.0 Å². The van der Waals surface area contributed by atoms with E-state index in [9.17, 15) is 14.7 Å². The standard InChI is InChI=1S/C26H24BrClN2O5S/c1-5-34-25(33)21-14(4)29-26-30(22(21)15-6-8-18(9-7-15)35-13(2)3)24(32)20(36-26)11-16-10-17(27)12-19(28)23(16)31/h6-13,22,31H,5H2,1-4H3/b20-11-/t22-/m1/s1. The van der Waals surface area contributed by atoms with Gasteiger partial charge in [0.05, 0.1) is 39.6 Å². The maximum absolute atomic E-state index is 13.7. The third-order valence-corrected chi connectivity index (χ3v) is 7.16. The maximum atomic E-state index is 13.7. The number of allylic oxidation sites excluding steroid dienone is 1. The average molecular weight is 592 g/mol. The van der Waals surface area contributed by atoms with Gasteiger partial charge in [0, 0.05) is 10.0 Å². The van der Waals surface area contributed by atoms with Gasteiger partial charge < -0.3 is 14.6 Å². The van der Waals surface area contributed by atoms with Gasteiger partial charge in [-0.05, 0) is 63.6 Å². The Labute approximate surface area is 225 Å². The first kappa shape index (κ1) is 26.2. The smallest absolute Gasteiger partial charge is 0.338 e. The number of hydrogen-bond acceptors (Lipinski definition) is 7. The van der Waals surface area contributed by atoms with Crippen molar-refractivity contribution in [2.75, 3.05) is 6.61 Å². The molecule has 2 heterocycles. The normalized spacial score (nSPS) is 15.6. The molecule has 0 fully saturated rings. The zero-order valence-corrected chi connectivity index (χ0v) is 23.2. The number of aromatic nitrogens is 1. The first-order chi connectivity index (χ1) is 17.1. The van der Waals surface area contributed by atoms with Gasteiger partial charge in [0.1, 0.15) is 11.5 Å². The Morgan fingerprint density at radius 1 is 1.31 bits per heavy atom. The van der Waals surface area contributed by atoms with Crippen LogP contribution >= 0.6 is 38.9 Å². The summed E-state index contributed by atoms with van der Waals surface area (Å²) in [7, 11) is 0. The van der Waals surface area contributed by atoms with Crippen LogP contribution < -0.4 is 19.6 Å². The first-order valence-corrected chi connectivity index (χ1v) is 13.2. The number of esters is 1. The number of fused-ring (bicyclic) bond motifs is 1. The minimum atomic E-state index is -0.741. The van der Waals surface area contributed by atoms with Crippen molar-refractivity contribution < 1.29 is 19.4 Å². The van der Waals surface area contributed by atoms with E-state index < -0.39 is 12.0 Å². The molecule has 0 aliphatic carbocycles. The number of rotatable bonds is 6. The van der Waals surface area contributed by atoms with Gasteiger partial charge in [0.25, 0.3) is 5.56 Å². The monoisotopic (exact) mass is 590 g/mol. The van der Waals surface area contributed by atoms with Gasteiger partial charge in [-0.3, -0.25) is 9.36 Å². The molecule has 0 saturated heterocycles. The van der Waals surface area contributed by atoms with Gasteiger partial charge in [-0.1, -0.05) is 51.0 Å². The van der Waals surface area contributed by atoms with Crippen LogP contribution in [0, 0.1) is 0 Å². The Morgan fingerprint density at radius 3 is 2.64 bits per heavy atom. The first-order valence-electron chi connectivity index (χ1n) is 11.2. The number of thiazole rings is 1. The number of benzene rings is 2. The average Bonchev–Trinajstić information content (AvgIpc) is 3.11. The van der Waals surface area contributed by atoms with Crippen LogP contribution in [0.25, 0.3) is 6.08 Å². The molecule has 0 saturated carbocycles. The topological polar surface area (TPSA) is 90.1 Å². The summed E-state index contributed by atoms with van der Waals surface area (Å²) in [5.74, 6) is 0.0184. The third-order valence-electron chi connectivity index (χ3n) is 5.43. The zero-order valence-electron chi connectivity index (χ0n) is 20.0. The second kappa shape index (κ2) is 10.6. The largest absolute Gasteiger partial charge is 0.506 e. The number of ether oxygens (including phenoxy) is 2. The van der Waals surface area contributed by atoms with E-state index in [0.29, 0.717) is 42.0 Å². The molecule has 36 heavy (non-hydrogen) atoms. The van der Waals surface area contributed by atoms with Crippen LogP contribution in [0.1, 0.15) is 44.9 Å². The summed E-state index contributed by atoms with van der Waals surface area (Å²) in [5.41, 5.74) is 1.51. The van der Waals surface area contributed by atoms with Gasteiger partial charge in [0.15, 0.2) is 4.80 Å². The molecular weight excluding hydrogens is 568 g/mol. The quantitative estimate of drug-likeness (QED) is 0.420. The van der Waals surface area contributed by atoms with Crippen molar-refractivity contribution >= 4 is 50.9 Å². The molecule has 0 unspecified atom stereocenters. The second-order valence-electron chi connectivity index (χ2n) is 8.36. The highest BCUT2D eigenvalue weighted by molar-refractivity contribution is 9.10. The second-order valence-corrected chi connectivity index (χ2v) is 10.7. The lowest BCUT2D eigenvalue weighted by molar-refractivity contribution is -0.139. The molecule has 1 aliphatic heterocycles. The van der Waals surface area contributed by atoms with E-state index in [-0.39, 0.29) is 29.0 Å². The molecule has 1 aliphatic rings. The predicted molar refractivity (Wildman–Crippen MR) is 143 cm³/mol. The van der Waals surface area contributed by atoms with E-state index >= 15 is 0 Å². The number of carbonyl (C=O) groups is 1. The number of nitrogens with zero attached hydrogens (tertiary/aromatic N) is 2. The van der Waals surface area contributed by atoms with Crippen molar-refractivity contribution in [3.8, 4) is 11.5 Å². The van der Waals surface area contributed by atoms with E-state index in [1.165, 1.54) is 15.9 Å². The maximum Gasteiger partial charge on any atom is 0.338 e. The molecule has 10 heteroatoms. The number of carbonyl (C=O) groups excluding carboxylic acids is 1. The van der Waals surface area contributed by atoms with Crippen molar-refractivity contribution in [1.82, 2.24) is 4.57 Å². The summed E-state index contributed by atoms with van der Waals surface area (Å²) in [5, 5.41) is 10.6. The molecule has 1 atom stereocenters. The van der Waals surface area contributed by atoms with Crippen molar-refractivity contribution in [3.63, 3.8) is 0 Å². The zero-order chi connectivity index (χ0) is 26.1. The van der Waals surface area contributed by atoms with Crippen LogP contribution in [0.15, 0.2) is 61.9 Å². The van der Waals surface area contributed by atoms with Crippen LogP contribution in [-0.2, 0) is 9.53 Å². The molecule has 0 spiro atoms. The molecule has 0 bridgehead atoms. The highest BCUT2D eigenvalue weighted by Crippen LogP contribution is 2.33. The van der Waals surface area contributed by atoms with Crippen molar-refractivity contribution in [1.29, 1.82) is 0 Å². The highest BCUT2D eigenvalue weighted by Gasteiger charge is 2.33. The van der Waals surface area contributed by atoms with Crippen LogP contribution in [0.2, 0.25) is 5.02 Å². The fraction of sp³-hybridized carbons (Fsp3) is 0.269. The molecule has 2 aromatic carbocycles. The summed E-state index contributed by atoms with van der Waals surface area (Å²) in [6, 6.07) is 9.77. The number of phenols is 1. The van der Waals surface area contributed by atoms with Crippen LogP contribution in [0.5, 0.6) is 11.5 Å². The Kier molecular flexibility index (Phi) is 7.73. The van der Waals surface area contributed by atoms with Crippen molar-refractivity contribution in [2.45, 2.75) is 39.8 Å².